The van der Waals surface area contributed by atoms with Crippen LogP contribution in [0.3, 0.4) is 0 Å². The van der Waals surface area contributed by atoms with Crippen LogP contribution in [0.4, 0.5) is 14.5 Å². The summed E-state index contributed by atoms with van der Waals surface area (Å²) in [6.45, 7) is -2.83. The van der Waals surface area contributed by atoms with Crippen molar-refractivity contribution in [2.24, 2.45) is 0 Å². The van der Waals surface area contributed by atoms with Crippen LogP contribution in [0.2, 0.25) is 0 Å². The lowest BCUT2D eigenvalue weighted by atomic mass is 10.3. The molecule has 0 bridgehead atoms. The fourth-order valence-electron chi connectivity index (χ4n) is 0.732. The Kier molecular flexibility index (Phi) is 3.49. The van der Waals surface area contributed by atoms with Crippen LogP contribution in [-0.2, 0) is 0 Å². The van der Waals surface area contributed by atoms with Gasteiger partial charge in [0.05, 0.1) is 5.69 Å². The summed E-state index contributed by atoms with van der Waals surface area (Å²) in [5, 5.41) is 0. The van der Waals surface area contributed by atoms with Gasteiger partial charge in [-0.3, -0.25) is 0 Å². The van der Waals surface area contributed by atoms with Gasteiger partial charge in [-0.05, 0) is 44.0 Å². The van der Waals surface area contributed by atoms with Crippen LogP contribution in [0.25, 0.3) is 0 Å². The van der Waals surface area contributed by atoms with E-state index < -0.39 is 6.61 Å². The summed E-state index contributed by atoms with van der Waals surface area (Å²) in [6, 6.07) is 2.76. The lowest BCUT2D eigenvalue weighted by molar-refractivity contribution is -0.0499. The van der Waals surface area contributed by atoms with E-state index >= 15 is 0 Å². The summed E-state index contributed by atoms with van der Waals surface area (Å²) < 4.78 is 28.8. The third kappa shape index (κ3) is 2.80. The first-order chi connectivity index (χ1) is 6.00. The Morgan fingerprint density at radius 3 is 2.08 bits per heavy atom. The van der Waals surface area contributed by atoms with Crippen molar-refractivity contribution in [3.8, 4) is 5.75 Å². The highest BCUT2D eigenvalue weighted by molar-refractivity contribution is 9.11. The van der Waals surface area contributed by atoms with E-state index in [2.05, 4.69) is 36.6 Å². The number of nitrogens with two attached hydrogens (primary N) is 1. The first-order valence-corrected chi connectivity index (χ1v) is 4.78. The van der Waals surface area contributed by atoms with Crippen molar-refractivity contribution in [2.45, 2.75) is 6.61 Å². The van der Waals surface area contributed by atoms with E-state index in [1.165, 1.54) is 12.1 Å². The molecule has 72 valence electrons. The summed E-state index contributed by atoms with van der Waals surface area (Å²) in [5.74, 6) is 0.0583. The largest absolute Gasteiger partial charge is 0.435 e. The van der Waals surface area contributed by atoms with Gasteiger partial charge in [-0.2, -0.15) is 8.78 Å². The van der Waals surface area contributed by atoms with E-state index in [0.29, 0.717) is 14.6 Å². The molecular weight excluding hydrogens is 312 g/mol. The molecule has 0 amide bonds. The van der Waals surface area contributed by atoms with Crippen LogP contribution in [0.15, 0.2) is 21.1 Å². The minimum absolute atomic E-state index is 0.0583. The van der Waals surface area contributed by atoms with Gasteiger partial charge in [0.1, 0.15) is 5.75 Å². The molecule has 1 aromatic rings. The fraction of sp³-hybridized carbons (Fsp3) is 0.143. The molecule has 2 nitrogen and oxygen atoms in total. The van der Waals surface area contributed by atoms with Gasteiger partial charge in [0.15, 0.2) is 0 Å². The molecule has 2 N–H and O–H groups in total. The van der Waals surface area contributed by atoms with E-state index in [1.807, 2.05) is 0 Å². The average molecular weight is 317 g/mol. The summed E-state index contributed by atoms with van der Waals surface area (Å²) in [6.07, 6.45) is 0. The first-order valence-electron chi connectivity index (χ1n) is 3.20. The molecule has 6 heteroatoms. The molecule has 0 unspecified atom stereocenters. The van der Waals surface area contributed by atoms with Crippen molar-refractivity contribution in [3.05, 3.63) is 21.1 Å². The molecule has 0 atom stereocenters. The first kappa shape index (κ1) is 10.7. The number of ether oxygens (including phenoxy) is 1. The molecule has 0 aliphatic heterocycles. The number of benzene rings is 1. The molecule has 0 spiro atoms. The normalized spacial score (nSPS) is 10.5. The zero-order chi connectivity index (χ0) is 10.0. The molecule has 1 aromatic carbocycles. The number of hydrogen-bond donors (Lipinski definition) is 1. The maximum atomic E-state index is 11.8. The summed E-state index contributed by atoms with van der Waals surface area (Å²) >= 11 is 6.21. The topological polar surface area (TPSA) is 35.2 Å². The molecule has 0 saturated heterocycles. The molecule has 13 heavy (non-hydrogen) atoms. The minimum atomic E-state index is -2.83. The average Bonchev–Trinajstić information content (AvgIpc) is 1.98. The lowest BCUT2D eigenvalue weighted by Crippen LogP contribution is -2.02. The molecule has 0 radical (unpaired) electrons. The van der Waals surface area contributed by atoms with Crippen LogP contribution >= 0.6 is 31.9 Å². The second kappa shape index (κ2) is 4.23. The number of rotatable bonds is 2. The fourth-order valence-corrected chi connectivity index (χ4v) is 1.88. The van der Waals surface area contributed by atoms with Gasteiger partial charge in [-0.15, -0.1) is 0 Å². The highest BCUT2D eigenvalue weighted by atomic mass is 79.9. The monoisotopic (exact) mass is 315 g/mol. The Hall–Kier alpha value is -0.360. The minimum Gasteiger partial charge on any atom is -0.435 e. The Balaban J connectivity index is 2.99. The van der Waals surface area contributed by atoms with Crippen molar-refractivity contribution >= 4 is 37.5 Å². The van der Waals surface area contributed by atoms with Crippen LogP contribution in [-0.4, -0.2) is 6.61 Å². The van der Waals surface area contributed by atoms with Crippen LogP contribution in [0, 0.1) is 0 Å². The zero-order valence-corrected chi connectivity index (χ0v) is 9.40. The molecule has 0 heterocycles. The number of anilines is 1. The van der Waals surface area contributed by atoms with Gasteiger partial charge >= 0.3 is 6.61 Å². The summed E-state index contributed by atoms with van der Waals surface area (Å²) in [4.78, 5) is 0. The van der Waals surface area contributed by atoms with Gasteiger partial charge in [0.25, 0.3) is 0 Å². The van der Waals surface area contributed by atoms with Crippen molar-refractivity contribution in [2.75, 3.05) is 5.73 Å². The van der Waals surface area contributed by atoms with Crippen LogP contribution in [0.5, 0.6) is 5.75 Å². The second-order valence-corrected chi connectivity index (χ2v) is 3.89. The summed E-state index contributed by atoms with van der Waals surface area (Å²) in [5.41, 5.74) is 5.99. The van der Waals surface area contributed by atoms with Crippen molar-refractivity contribution < 1.29 is 13.5 Å². The molecule has 1 rings (SSSR count). The van der Waals surface area contributed by atoms with Crippen molar-refractivity contribution in [1.29, 1.82) is 0 Å². The van der Waals surface area contributed by atoms with Crippen molar-refractivity contribution in [1.82, 2.24) is 0 Å². The van der Waals surface area contributed by atoms with Gasteiger partial charge in [0, 0.05) is 8.95 Å². The van der Waals surface area contributed by atoms with E-state index in [4.69, 9.17) is 5.73 Å². The van der Waals surface area contributed by atoms with Gasteiger partial charge in [-0.25, -0.2) is 0 Å². The maximum Gasteiger partial charge on any atom is 0.387 e. The maximum absolute atomic E-state index is 11.8. The van der Waals surface area contributed by atoms with E-state index in [1.54, 1.807) is 0 Å². The highest BCUT2D eigenvalue weighted by Crippen LogP contribution is 2.33. The molecule has 0 aliphatic carbocycles. The number of halogens is 4. The van der Waals surface area contributed by atoms with E-state index in [9.17, 15) is 8.78 Å². The number of hydrogen-bond acceptors (Lipinski definition) is 2. The van der Waals surface area contributed by atoms with Crippen molar-refractivity contribution in [3.63, 3.8) is 0 Å². The van der Waals surface area contributed by atoms with E-state index in [0.717, 1.165) is 0 Å². The second-order valence-electron chi connectivity index (χ2n) is 2.18. The molecule has 0 aromatic heterocycles. The Labute approximate surface area is 90.3 Å². The SMILES string of the molecule is Nc1c(Br)cc(OC(F)F)cc1Br. The Morgan fingerprint density at radius 2 is 1.69 bits per heavy atom. The van der Waals surface area contributed by atoms with Gasteiger partial charge in [0.2, 0.25) is 0 Å². The third-order valence-corrected chi connectivity index (χ3v) is 2.59. The zero-order valence-electron chi connectivity index (χ0n) is 6.23. The third-order valence-electron chi connectivity index (χ3n) is 1.28. The molecular formula is C7H5Br2F2NO. The van der Waals surface area contributed by atoms with Gasteiger partial charge < -0.3 is 10.5 Å². The molecule has 0 fully saturated rings. The molecule has 0 saturated carbocycles. The Morgan fingerprint density at radius 1 is 1.23 bits per heavy atom. The lowest BCUT2D eigenvalue weighted by Gasteiger charge is -2.07. The quantitative estimate of drug-likeness (QED) is 0.849. The predicted molar refractivity (Wildman–Crippen MR) is 52.9 cm³/mol. The highest BCUT2D eigenvalue weighted by Gasteiger charge is 2.08. The smallest absolute Gasteiger partial charge is 0.387 e. The number of nitrogen functional groups attached to an aromatic ring is 1. The van der Waals surface area contributed by atoms with E-state index in [-0.39, 0.29) is 5.75 Å². The summed E-state index contributed by atoms with van der Waals surface area (Å²) in [7, 11) is 0. The predicted octanol–water partition coefficient (Wildman–Crippen LogP) is 3.40. The standard InChI is InChI=1S/C7H5Br2F2NO/c8-4-1-3(13-7(10)11)2-5(9)6(4)12/h1-2,7H,12H2. The van der Waals surface area contributed by atoms with Crippen LogP contribution in [0.1, 0.15) is 0 Å². The van der Waals surface area contributed by atoms with Gasteiger partial charge in [-0.1, -0.05) is 0 Å². The Bertz CT molecular complexity index is 296. The molecule has 0 aliphatic rings. The number of alkyl halides is 2. The van der Waals surface area contributed by atoms with Crippen LogP contribution < -0.4 is 10.5 Å².